The van der Waals surface area contributed by atoms with Crippen LogP contribution in [0.15, 0.2) is 0 Å². The van der Waals surface area contributed by atoms with Gasteiger partial charge in [-0.2, -0.15) is 0 Å². The topological polar surface area (TPSA) is 19.0 Å². The van der Waals surface area contributed by atoms with E-state index in [9.17, 15) is 0 Å². The van der Waals surface area contributed by atoms with Crippen molar-refractivity contribution in [2.75, 3.05) is 62.0 Å². The Morgan fingerprint density at radius 3 is 1.79 bits per heavy atom. The lowest BCUT2D eigenvalue weighted by atomic mass is 10.4. The number of nitrogens with zero attached hydrogens (tertiary/aromatic N) is 3. The Morgan fingerprint density at radius 1 is 0.929 bits per heavy atom. The van der Waals surface area contributed by atoms with Crippen molar-refractivity contribution in [1.82, 2.24) is 14.7 Å². The molecule has 0 aliphatic carbocycles. The summed E-state index contributed by atoms with van der Waals surface area (Å²) in [6.07, 6.45) is 0.358. The maximum Gasteiger partial charge on any atom is 0.0853 e. The molecular formula is C10H25N3O. The highest BCUT2D eigenvalue weighted by Gasteiger charge is 2.13. The van der Waals surface area contributed by atoms with E-state index in [0.29, 0.717) is 6.17 Å². The van der Waals surface area contributed by atoms with E-state index >= 15 is 0 Å². The molecule has 0 amide bonds. The summed E-state index contributed by atoms with van der Waals surface area (Å²) < 4.78 is 5.60. The van der Waals surface area contributed by atoms with E-state index in [2.05, 4.69) is 57.0 Å². The number of rotatable bonds is 7. The van der Waals surface area contributed by atoms with Crippen LogP contribution in [0.3, 0.4) is 0 Å². The third-order valence-corrected chi connectivity index (χ3v) is 2.14. The number of hydrogen-bond acceptors (Lipinski definition) is 4. The molecule has 14 heavy (non-hydrogen) atoms. The zero-order valence-corrected chi connectivity index (χ0v) is 10.4. The Hall–Kier alpha value is -0.160. The Bertz CT molecular complexity index is 129. The van der Waals surface area contributed by atoms with Gasteiger partial charge in [0.1, 0.15) is 0 Å². The lowest BCUT2D eigenvalue weighted by Gasteiger charge is -2.30. The van der Waals surface area contributed by atoms with Crippen LogP contribution in [0.2, 0.25) is 0 Å². The van der Waals surface area contributed by atoms with E-state index in [1.165, 1.54) is 0 Å². The predicted molar refractivity (Wildman–Crippen MR) is 60.5 cm³/mol. The van der Waals surface area contributed by atoms with Gasteiger partial charge >= 0.3 is 0 Å². The summed E-state index contributed by atoms with van der Waals surface area (Å²) in [4.78, 5) is 6.45. The van der Waals surface area contributed by atoms with Crippen LogP contribution in [-0.2, 0) is 4.74 Å². The quantitative estimate of drug-likeness (QED) is 0.429. The van der Waals surface area contributed by atoms with Gasteiger partial charge in [0.25, 0.3) is 0 Å². The van der Waals surface area contributed by atoms with Crippen LogP contribution in [0.4, 0.5) is 0 Å². The van der Waals surface area contributed by atoms with E-state index in [1.807, 2.05) is 0 Å². The van der Waals surface area contributed by atoms with Crippen molar-refractivity contribution in [3.63, 3.8) is 0 Å². The highest BCUT2D eigenvalue weighted by atomic mass is 16.5. The first-order chi connectivity index (χ1) is 6.45. The van der Waals surface area contributed by atoms with Crippen molar-refractivity contribution in [2.24, 2.45) is 0 Å². The van der Waals surface area contributed by atoms with Gasteiger partial charge in [0, 0.05) is 6.54 Å². The first kappa shape index (κ1) is 13.8. The minimum Gasteiger partial charge on any atom is -0.377 e. The van der Waals surface area contributed by atoms with Crippen LogP contribution < -0.4 is 0 Å². The van der Waals surface area contributed by atoms with Crippen LogP contribution in [0.5, 0.6) is 0 Å². The molecule has 0 saturated heterocycles. The second-order valence-electron chi connectivity index (χ2n) is 4.29. The van der Waals surface area contributed by atoms with Gasteiger partial charge in [-0.1, -0.05) is 0 Å². The summed E-state index contributed by atoms with van der Waals surface area (Å²) in [5.41, 5.74) is 0. The van der Waals surface area contributed by atoms with Gasteiger partial charge in [0.15, 0.2) is 0 Å². The molecule has 86 valence electrons. The number of likely N-dealkylation sites (N-methyl/N-ethyl adjacent to an activating group) is 3. The largest absolute Gasteiger partial charge is 0.377 e. The van der Waals surface area contributed by atoms with Crippen molar-refractivity contribution >= 4 is 0 Å². The molecule has 0 atom stereocenters. The van der Waals surface area contributed by atoms with E-state index < -0.39 is 0 Å². The summed E-state index contributed by atoms with van der Waals surface area (Å²) in [6, 6.07) is 0. The lowest BCUT2D eigenvalue weighted by molar-refractivity contribution is 0.0137. The van der Waals surface area contributed by atoms with Crippen molar-refractivity contribution < 1.29 is 4.74 Å². The van der Waals surface area contributed by atoms with Gasteiger partial charge in [0.2, 0.25) is 0 Å². The molecule has 0 aliphatic rings. The highest BCUT2D eigenvalue weighted by molar-refractivity contribution is 4.61. The summed E-state index contributed by atoms with van der Waals surface area (Å²) in [5.74, 6) is 0. The van der Waals surface area contributed by atoms with E-state index in [0.717, 1.165) is 19.8 Å². The van der Waals surface area contributed by atoms with Gasteiger partial charge in [0.05, 0.1) is 19.4 Å². The van der Waals surface area contributed by atoms with Crippen molar-refractivity contribution in [3.8, 4) is 0 Å². The van der Waals surface area contributed by atoms with Crippen molar-refractivity contribution in [3.05, 3.63) is 0 Å². The highest BCUT2D eigenvalue weighted by Crippen LogP contribution is 1.97. The SMILES string of the molecule is CN(C)CCOCC(N(C)C)N(C)C. The Labute approximate surface area is 88.4 Å². The van der Waals surface area contributed by atoms with Gasteiger partial charge < -0.3 is 9.64 Å². The molecule has 0 aliphatic heterocycles. The molecule has 0 rings (SSSR count). The Kier molecular flexibility index (Phi) is 7.09. The molecule has 0 aromatic rings. The molecule has 4 heteroatoms. The second kappa shape index (κ2) is 7.17. The zero-order valence-electron chi connectivity index (χ0n) is 10.4. The van der Waals surface area contributed by atoms with Gasteiger partial charge in [-0.15, -0.1) is 0 Å². The molecule has 0 aromatic carbocycles. The average molecular weight is 203 g/mol. The Balaban J connectivity index is 3.62. The smallest absolute Gasteiger partial charge is 0.0853 e. The van der Waals surface area contributed by atoms with E-state index in [1.54, 1.807) is 0 Å². The van der Waals surface area contributed by atoms with Gasteiger partial charge in [-0.05, 0) is 42.3 Å². The number of ether oxygens (including phenoxy) is 1. The fraction of sp³-hybridized carbons (Fsp3) is 1.00. The zero-order chi connectivity index (χ0) is 11.1. The molecule has 0 saturated carbocycles. The van der Waals surface area contributed by atoms with Gasteiger partial charge in [-0.3, -0.25) is 9.80 Å². The molecule has 0 unspecified atom stereocenters. The van der Waals surface area contributed by atoms with Gasteiger partial charge in [-0.25, -0.2) is 0 Å². The monoisotopic (exact) mass is 203 g/mol. The molecule has 0 heterocycles. The molecule has 0 radical (unpaired) electrons. The van der Waals surface area contributed by atoms with Crippen LogP contribution in [0, 0.1) is 0 Å². The normalized spacial score (nSPS) is 12.4. The summed E-state index contributed by atoms with van der Waals surface area (Å²) in [5, 5.41) is 0. The average Bonchev–Trinajstić information content (AvgIpc) is 2.01. The Morgan fingerprint density at radius 2 is 1.43 bits per heavy atom. The molecule has 4 nitrogen and oxygen atoms in total. The standard InChI is InChI=1S/C10H25N3O/c1-11(2)7-8-14-9-10(12(3)4)13(5)6/h10H,7-9H2,1-6H3. The molecule has 0 aromatic heterocycles. The fourth-order valence-electron chi connectivity index (χ4n) is 1.20. The van der Waals surface area contributed by atoms with Crippen LogP contribution in [0.25, 0.3) is 0 Å². The lowest BCUT2D eigenvalue weighted by Crippen LogP contribution is -2.44. The summed E-state index contributed by atoms with van der Waals surface area (Å²) >= 11 is 0. The first-order valence-corrected chi connectivity index (χ1v) is 5.00. The minimum atomic E-state index is 0.358. The van der Waals surface area contributed by atoms with Crippen LogP contribution in [-0.4, -0.2) is 82.9 Å². The molecule has 0 bridgehead atoms. The molecule has 0 spiro atoms. The molecule has 0 N–H and O–H groups in total. The maximum atomic E-state index is 5.60. The van der Waals surface area contributed by atoms with Crippen molar-refractivity contribution in [2.45, 2.75) is 6.17 Å². The predicted octanol–water partition coefficient (Wildman–Crippen LogP) is 0.0139. The molecule has 0 fully saturated rings. The van der Waals surface area contributed by atoms with Crippen LogP contribution >= 0.6 is 0 Å². The summed E-state index contributed by atoms with van der Waals surface area (Å²) in [7, 11) is 12.4. The third-order valence-electron chi connectivity index (χ3n) is 2.14. The number of hydrogen-bond donors (Lipinski definition) is 0. The van der Waals surface area contributed by atoms with Crippen molar-refractivity contribution in [1.29, 1.82) is 0 Å². The second-order valence-corrected chi connectivity index (χ2v) is 4.29. The minimum absolute atomic E-state index is 0.358. The van der Waals surface area contributed by atoms with Crippen LogP contribution in [0.1, 0.15) is 0 Å². The van der Waals surface area contributed by atoms with E-state index in [4.69, 9.17) is 4.74 Å². The first-order valence-electron chi connectivity index (χ1n) is 5.00. The molecular weight excluding hydrogens is 178 g/mol. The fourth-order valence-corrected chi connectivity index (χ4v) is 1.20. The summed E-state index contributed by atoms with van der Waals surface area (Å²) in [6.45, 7) is 2.53. The maximum absolute atomic E-state index is 5.60. The van der Waals surface area contributed by atoms with E-state index in [-0.39, 0.29) is 0 Å². The third kappa shape index (κ3) is 6.32.